The molecule has 3 heterocycles. The Morgan fingerprint density at radius 1 is 0.853 bits per heavy atom. The molecule has 2 atom stereocenters. The highest BCUT2D eigenvalue weighted by Gasteiger charge is 2.38. The van der Waals surface area contributed by atoms with Gasteiger partial charge in [-0.15, -0.1) is 22.7 Å². The molecule has 1 aliphatic heterocycles. The first-order valence-electron chi connectivity index (χ1n) is 11.4. The smallest absolute Gasteiger partial charge is 0.232 e. The van der Waals surface area contributed by atoms with Crippen LogP contribution in [0, 0.1) is 0 Å². The first-order chi connectivity index (χ1) is 16.6. The van der Waals surface area contributed by atoms with Crippen molar-refractivity contribution in [3.05, 3.63) is 105 Å². The van der Waals surface area contributed by atoms with Crippen molar-refractivity contribution in [2.24, 2.45) is 0 Å². The highest BCUT2D eigenvalue weighted by atomic mass is 32.1. The van der Waals surface area contributed by atoms with Crippen LogP contribution in [0.3, 0.4) is 0 Å². The molecule has 2 amide bonds. The van der Waals surface area contributed by atoms with Gasteiger partial charge < -0.3 is 9.80 Å². The zero-order chi connectivity index (χ0) is 23.5. The van der Waals surface area contributed by atoms with Gasteiger partial charge in [0, 0.05) is 27.2 Å². The molecule has 5 rings (SSSR count). The molecule has 4 aromatic rings. The lowest BCUT2D eigenvalue weighted by Crippen LogP contribution is -2.48. The lowest BCUT2D eigenvalue weighted by atomic mass is 9.89. The average Bonchev–Trinajstić information content (AvgIpc) is 3.54. The molecule has 0 aliphatic carbocycles. The summed E-state index contributed by atoms with van der Waals surface area (Å²) in [5.74, 6) is 0.163. The van der Waals surface area contributed by atoms with Crippen molar-refractivity contribution in [3.8, 4) is 0 Å². The van der Waals surface area contributed by atoms with E-state index >= 15 is 0 Å². The molecule has 0 saturated heterocycles. The Kier molecular flexibility index (Phi) is 6.61. The van der Waals surface area contributed by atoms with E-state index in [0.717, 1.165) is 26.7 Å². The SMILES string of the molecule is CC1CC(N(C(=O)Cc2cccs2)c2ccccc2)c2ccccc2N1C(=O)Cc1cccs1. The third-order valence-electron chi connectivity index (χ3n) is 6.25. The molecule has 0 fully saturated rings. The van der Waals surface area contributed by atoms with Crippen LogP contribution in [-0.2, 0) is 22.4 Å². The van der Waals surface area contributed by atoms with Crippen LogP contribution in [-0.4, -0.2) is 17.9 Å². The van der Waals surface area contributed by atoms with Gasteiger partial charge in [0.15, 0.2) is 0 Å². The minimum absolute atomic E-state index is 0.0342. The summed E-state index contributed by atoms with van der Waals surface area (Å²) >= 11 is 3.21. The van der Waals surface area contributed by atoms with E-state index in [2.05, 4.69) is 13.0 Å². The summed E-state index contributed by atoms with van der Waals surface area (Å²) < 4.78 is 0. The van der Waals surface area contributed by atoms with Gasteiger partial charge in [-0.05, 0) is 60.0 Å². The van der Waals surface area contributed by atoms with Crippen LogP contribution in [0.4, 0.5) is 11.4 Å². The summed E-state index contributed by atoms with van der Waals surface area (Å²) in [5, 5.41) is 4.01. The predicted octanol–water partition coefficient (Wildman–Crippen LogP) is 6.49. The second-order valence-corrected chi connectivity index (χ2v) is 10.6. The Bertz CT molecular complexity index is 1250. The number of hydrogen-bond acceptors (Lipinski definition) is 4. The number of amides is 2. The lowest BCUT2D eigenvalue weighted by Gasteiger charge is -2.43. The zero-order valence-corrected chi connectivity index (χ0v) is 20.6. The number of hydrogen-bond donors (Lipinski definition) is 0. The topological polar surface area (TPSA) is 40.6 Å². The summed E-state index contributed by atoms with van der Waals surface area (Å²) in [6.45, 7) is 2.09. The van der Waals surface area contributed by atoms with Gasteiger partial charge >= 0.3 is 0 Å². The summed E-state index contributed by atoms with van der Waals surface area (Å²) in [4.78, 5) is 33.1. The maximum Gasteiger partial charge on any atom is 0.232 e. The van der Waals surface area contributed by atoms with Crippen molar-refractivity contribution >= 4 is 45.9 Å². The maximum atomic E-state index is 13.7. The van der Waals surface area contributed by atoms with Crippen LogP contribution in [0.2, 0.25) is 0 Å². The molecule has 2 aromatic carbocycles. The highest BCUT2D eigenvalue weighted by Crippen LogP contribution is 2.42. The van der Waals surface area contributed by atoms with E-state index in [4.69, 9.17) is 0 Å². The molecule has 1 aliphatic rings. The van der Waals surface area contributed by atoms with Crippen LogP contribution < -0.4 is 9.80 Å². The fraction of sp³-hybridized carbons (Fsp3) is 0.214. The Hall–Kier alpha value is -3.22. The Morgan fingerprint density at radius 2 is 1.50 bits per heavy atom. The van der Waals surface area contributed by atoms with Gasteiger partial charge in [0.05, 0.1) is 18.9 Å². The molecule has 2 aromatic heterocycles. The molecule has 0 saturated carbocycles. The molecule has 34 heavy (non-hydrogen) atoms. The number of benzene rings is 2. The van der Waals surface area contributed by atoms with Gasteiger partial charge in [-0.1, -0.05) is 48.5 Å². The van der Waals surface area contributed by atoms with Crippen LogP contribution in [0.1, 0.15) is 34.7 Å². The molecule has 0 spiro atoms. The van der Waals surface area contributed by atoms with Crippen molar-refractivity contribution in [1.29, 1.82) is 0 Å². The molecule has 4 nitrogen and oxygen atoms in total. The molecule has 172 valence electrons. The highest BCUT2D eigenvalue weighted by molar-refractivity contribution is 7.10. The third-order valence-corrected chi connectivity index (χ3v) is 8.01. The fourth-order valence-electron chi connectivity index (χ4n) is 4.79. The van der Waals surface area contributed by atoms with E-state index in [0.29, 0.717) is 19.3 Å². The van der Waals surface area contributed by atoms with Crippen molar-refractivity contribution in [2.75, 3.05) is 9.80 Å². The van der Waals surface area contributed by atoms with Gasteiger partial charge in [0.1, 0.15) is 0 Å². The van der Waals surface area contributed by atoms with Gasteiger partial charge in [0.2, 0.25) is 11.8 Å². The summed E-state index contributed by atoms with van der Waals surface area (Å²) in [7, 11) is 0. The first-order valence-corrected chi connectivity index (χ1v) is 13.2. The summed E-state index contributed by atoms with van der Waals surface area (Å²) in [5.41, 5.74) is 2.80. The van der Waals surface area contributed by atoms with Gasteiger partial charge in [-0.3, -0.25) is 9.59 Å². The van der Waals surface area contributed by atoms with E-state index in [9.17, 15) is 9.59 Å². The molecule has 0 bridgehead atoms. The van der Waals surface area contributed by atoms with E-state index < -0.39 is 0 Å². The Morgan fingerprint density at radius 3 is 2.18 bits per heavy atom. The number of anilines is 2. The Balaban J connectivity index is 1.52. The first kappa shape index (κ1) is 22.6. The molecule has 0 N–H and O–H groups in total. The minimum atomic E-state index is -0.146. The predicted molar refractivity (Wildman–Crippen MR) is 141 cm³/mol. The Labute approximate surface area is 208 Å². The van der Waals surface area contributed by atoms with Crippen LogP contribution in [0.25, 0.3) is 0 Å². The second kappa shape index (κ2) is 9.95. The van der Waals surface area contributed by atoms with Crippen LogP contribution in [0.5, 0.6) is 0 Å². The number of nitrogens with zero attached hydrogens (tertiary/aromatic N) is 2. The van der Waals surface area contributed by atoms with E-state index in [1.165, 1.54) is 0 Å². The standard InChI is InChI=1S/C28H26N2O2S2/c1-20-17-26(30(21-9-3-2-4-10-21)28(32)19-23-12-8-16-34-23)24-13-5-6-14-25(24)29(20)27(31)18-22-11-7-15-33-22/h2-16,20,26H,17-19H2,1H3. The molecular weight excluding hydrogens is 460 g/mol. The van der Waals surface area contributed by atoms with E-state index in [-0.39, 0.29) is 23.9 Å². The normalized spacial score (nSPS) is 17.3. The van der Waals surface area contributed by atoms with Gasteiger partial charge in [-0.2, -0.15) is 0 Å². The number of rotatable bonds is 6. The summed E-state index contributed by atoms with van der Waals surface area (Å²) in [6.07, 6.45) is 1.43. The third kappa shape index (κ3) is 4.56. The van der Waals surface area contributed by atoms with Crippen molar-refractivity contribution in [1.82, 2.24) is 0 Å². The van der Waals surface area contributed by atoms with Gasteiger partial charge in [0.25, 0.3) is 0 Å². The minimum Gasteiger partial charge on any atom is -0.309 e. The van der Waals surface area contributed by atoms with Crippen molar-refractivity contribution in [2.45, 2.75) is 38.3 Å². The van der Waals surface area contributed by atoms with Crippen LogP contribution in [0.15, 0.2) is 89.6 Å². The lowest BCUT2D eigenvalue weighted by molar-refractivity contribution is -0.118. The number of carbonyl (C=O) groups is 2. The monoisotopic (exact) mass is 486 g/mol. The van der Waals surface area contributed by atoms with Crippen LogP contribution >= 0.6 is 22.7 Å². The number of thiophene rings is 2. The van der Waals surface area contributed by atoms with E-state index in [1.54, 1.807) is 22.7 Å². The van der Waals surface area contributed by atoms with Crippen molar-refractivity contribution < 1.29 is 9.59 Å². The largest absolute Gasteiger partial charge is 0.309 e. The number of carbonyl (C=O) groups excluding carboxylic acids is 2. The quantitative estimate of drug-likeness (QED) is 0.312. The second-order valence-electron chi connectivity index (χ2n) is 8.53. The molecule has 2 unspecified atom stereocenters. The average molecular weight is 487 g/mol. The maximum absolute atomic E-state index is 13.7. The fourth-order valence-corrected chi connectivity index (χ4v) is 6.18. The zero-order valence-electron chi connectivity index (χ0n) is 19.0. The molecule has 6 heteroatoms. The molecular formula is C28H26N2O2S2. The summed E-state index contributed by atoms with van der Waals surface area (Å²) in [6, 6.07) is 25.7. The number of fused-ring (bicyclic) bond motifs is 1. The van der Waals surface area contributed by atoms with E-state index in [1.807, 2.05) is 93.4 Å². The van der Waals surface area contributed by atoms with Crippen molar-refractivity contribution in [3.63, 3.8) is 0 Å². The number of para-hydroxylation sites is 2. The van der Waals surface area contributed by atoms with Gasteiger partial charge in [-0.25, -0.2) is 0 Å². The molecule has 0 radical (unpaired) electrons.